The Morgan fingerprint density at radius 3 is 2.52 bits per heavy atom. The van der Waals surface area contributed by atoms with Gasteiger partial charge in [-0.1, -0.05) is 40.9 Å². The number of rotatable bonds is 6. The normalized spacial score (nSPS) is 11.0. The molecule has 0 aliphatic heterocycles. The first-order chi connectivity index (χ1) is 12.1. The van der Waals surface area contributed by atoms with E-state index in [9.17, 15) is 0 Å². The fraction of sp³-hybridized carbons (Fsp3) is 0.211. The molecule has 1 heterocycles. The maximum atomic E-state index is 8.62. The van der Waals surface area contributed by atoms with Crippen molar-refractivity contribution >= 4 is 45.7 Å². The van der Waals surface area contributed by atoms with Crippen molar-refractivity contribution in [2.24, 2.45) is 0 Å². The summed E-state index contributed by atoms with van der Waals surface area (Å²) in [6.45, 7) is 1.44. The van der Waals surface area contributed by atoms with Crippen molar-refractivity contribution in [1.82, 2.24) is 10.3 Å². The minimum atomic E-state index is 0.498. The molecule has 0 bridgehead atoms. The maximum absolute atomic E-state index is 8.62. The van der Waals surface area contributed by atoms with Crippen LogP contribution in [-0.2, 0) is 6.42 Å². The summed E-state index contributed by atoms with van der Waals surface area (Å²) in [6, 6.07) is 13.4. The monoisotopic (exact) mass is 391 g/mol. The van der Waals surface area contributed by atoms with Crippen molar-refractivity contribution in [2.75, 3.05) is 13.1 Å². The lowest BCUT2D eigenvalue weighted by Crippen LogP contribution is -2.18. The Kier molecular flexibility index (Phi) is 5.88. The number of aromatic amines is 1. The first-order valence-electron chi connectivity index (χ1n) is 7.93. The largest absolute Gasteiger partial charge is 0.358 e. The summed E-state index contributed by atoms with van der Waals surface area (Å²) in [6.07, 6.45) is 1.28. The lowest BCUT2D eigenvalue weighted by Gasteiger charge is -2.09. The molecule has 2 aromatic carbocycles. The van der Waals surface area contributed by atoms with Crippen LogP contribution in [-0.4, -0.2) is 18.1 Å². The van der Waals surface area contributed by atoms with E-state index in [1.54, 1.807) is 6.07 Å². The predicted molar refractivity (Wildman–Crippen MR) is 106 cm³/mol. The van der Waals surface area contributed by atoms with E-state index < -0.39 is 0 Å². The number of nitrogens with zero attached hydrogens (tertiary/aromatic N) is 1. The van der Waals surface area contributed by atoms with Crippen LogP contribution < -0.4 is 5.32 Å². The zero-order valence-electron chi connectivity index (χ0n) is 13.4. The zero-order valence-corrected chi connectivity index (χ0v) is 15.6. The molecule has 0 saturated carbocycles. The fourth-order valence-electron chi connectivity index (χ4n) is 2.89. The molecule has 0 atom stereocenters. The molecule has 3 nitrogen and oxygen atoms in total. The van der Waals surface area contributed by atoms with Crippen LogP contribution in [0.2, 0.25) is 15.1 Å². The van der Waals surface area contributed by atoms with Crippen LogP contribution in [0.4, 0.5) is 0 Å². The van der Waals surface area contributed by atoms with Crippen molar-refractivity contribution < 1.29 is 0 Å². The van der Waals surface area contributed by atoms with Gasteiger partial charge in [0.15, 0.2) is 0 Å². The van der Waals surface area contributed by atoms with Gasteiger partial charge in [0, 0.05) is 68.7 Å². The van der Waals surface area contributed by atoms with Gasteiger partial charge in [-0.05, 0) is 30.3 Å². The number of H-pyrrole nitrogens is 1. The standard InChI is InChI=1S/C19H16Cl3N3/c20-12-3-5-17-15(10-12)19(14-4-2-13(21)11-16(14)22)18(25-17)6-9-24-8-1-7-23/h2-5,10-11,24-25H,1,6,8-9H2. The van der Waals surface area contributed by atoms with Crippen molar-refractivity contribution in [3.8, 4) is 17.2 Å². The number of halogens is 3. The van der Waals surface area contributed by atoms with E-state index in [1.165, 1.54) is 0 Å². The Morgan fingerprint density at radius 2 is 1.76 bits per heavy atom. The summed E-state index contributed by atoms with van der Waals surface area (Å²) in [5.74, 6) is 0. The average molecular weight is 393 g/mol. The second-order valence-corrected chi connectivity index (χ2v) is 6.98. The number of hydrogen-bond donors (Lipinski definition) is 2. The zero-order chi connectivity index (χ0) is 17.8. The topological polar surface area (TPSA) is 51.6 Å². The highest BCUT2D eigenvalue weighted by Gasteiger charge is 2.16. The third kappa shape index (κ3) is 4.11. The minimum Gasteiger partial charge on any atom is -0.358 e. The van der Waals surface area contributed by atoms with E-state index in [1.807, 2.05) is 30.3 Å². The number of aromatic nitrogens is 1. The Bertz CT molecular complexity index is 941. The van der Waals surface area contributed by atoms with Crippen LogP contribution in [0.25, 0.3) is 22.0 Å². The molecule has 0 unspecified atom stereocenters. The highest BCUT2D eigenvalue weighted by Crippen LogP contribution is 2.38. The van der Waals surface area contributed by atoms with Crippen LogP contribution in [0.5, 0.6) is 0 Å². The van der Waals surface area contributed by atoms with E-state index in [0.717, 1.165) is 40.7 Å². The van der Waals surface area contributed by atoms with Crippen LogP contribution in [0.15, 0.2) is 36.4 Å². The number of nitrogens with one attached hydrogen (secondary N) is 2. The first kappa shape index (κ1) is 18.1. The molecule has 0 fully saturated rings. The van der Waals surface area contributed by atoms with Crippen molar-refractivity contribution in [2.45, 2.75) is 12.8 Å². The molecule has 0 saturated heterocycles. The van der Waals surface area contributed by atoms with Crippen molar-refractivity contribution in [3.63, 3.8) is 0 Å². The third-order valence-corrected chi connectivity index (χ3v) is 4.79. The molecule has 0 radical (unpaired) electrons. The summed E-state index contributed by atoms with van der Waals surface area (Å²) in [4.78, 5) is 3.47. The Hall–Kier alpha value is -1.70. The molecular formula is C19H16Cl3N3. The number of fused-ring (bicyclic) bond motifs is 1. The molecule has 0 aliphatic rings. The fourth-order valence-corrected chi connectivity index (χ4v) is 3.57. The van der Waals surface area contributed by atoms with Gasteiger partial charge < -0.3 is 10.3 Å². The van der Waals surface area contributed by atoms with E-state index in [2.05, 4.69) is 16.4 Å². The Balaban J connectivity index is 2.02. The Morgan fingerprint density at radius 1 is 1.00 bits per heavy atom. The second-order valence-electron chi connectivity index (χ2n) is 5.70. The van der Waals surface area contributed by atoms with Gasteiger partial charge in [-0.2, -0.15) is 5.26 Å². The van der Waals surface area contributed by atoms with Crippen LogP contribution in [0.1, 0.15) is 12.1 Å². The summed E-state index contributed by atoms with van der Waals surface area (Å²) in [5, 5.41) is 14.8. The first-order valence-corrected chi connectivity index (χ1v) is 9.06. The minimum absolute atomic E-state index is 0.498. The summed E-state index contributed by atoms with van der Waals surface area (Å²) in [5.41, 5.74) is 4.05. The lowest BCUT2D eigenvalue weighted by molar-refractivity contribution is 0.688. The molecule has 0 aliphatic carbocycles. The van der Waals surface area contributed by atoms with Gasteiger partial charge in [0.1, 0.15) is 0 Å². The van der Waals surface area contributed by atoms with Gasteiger partial charge in [-0.15, -0.1) is 0 Å². The predicted octanol–water partition coefficient (Wildman–Crippen LogP) is 5.84. The molecule has 3 rings (SSSR count). The highest BCUT2D eigenvalue weighted by molar-refractivity contribution is 6.37. The van der Waals surface area contributed by atoms with Gasteiger partial charge in [0.2, 0.25) is 0 Å². The lowest BCUT2D eigenvalue weighted by atomic mass is 10.0. The Labute approximate surface area is 161 Å². The number of benzene rings is 2. The van der Waals surface area contributed by atoms with Gasteiger partial charge in [0.25, 0.3) is 0 Å². The number of nitriles is 1. The van der Waals surface area contributed by atoms with Crippen molar-refractivity contribution in [1.29, 1.82) is 5.26 Å². The molecular weight excluding hydrogens is 377 g/mol. The quantitative estimate of drug-likeness (QED) is 0.518. The van der Waals surface area contributed by atoms with E-state index >= 15 is 0 Å². The average Bonchev–Trinajstić information content (AvgIpc) is 2.92. The summed E-state index contributed by atoms with van der Waals surface area (Å²) < 4.78 is 0. The molecule has 1 aromatic heterocycles. The highest BCUT2D eigenvalue weighted by atomic mass is 35.5. The van der Waals surface area contributed by atoms with Crippen LogP contribution in [0, 0.1) is 11.3 Å². The molecule has 0 spiro atoms. The molecule has 128 valence electrons. The molecule has 0 amide bonds. The van der Waals surface area contributed by atoms with Gasteiger partial charge in [0.05, 0.1) is 6.07 Å². The van der Waals surface area contributed by atoms with Crippen LogP contribution in [0.3, 0.4) is 0 Å². The smallest absolute Gasteiger partial charge is 0.0635 e. The molecule has 6 heteroatoms. The van der Waals surface area contributed by atoms with Gasteiger partial charge >= 0.3 is 0 Å². The molecule has 25 heavy (non-hydrogen) atoms. The summed E-state index contributed by atoms with van der Waals surface area (Å²) in [7, 11) is 0. The maximum Gasteiger partial charge on any atom is 0.0635 e. The van der Waals surface area contributed by atoms with Crippen LogP contribution >= 0.6 is 34.8 Å². The van der Waals surface area contributed by atoms with E-state index in [4.69, 9.17) is 40.1 Å². The van der Waals surface area contributed by atoms with Gasteiger partial charge in [-0.3, -0.25) is 0 Å². The molecule has 2 N–H and O–H groups in total. The summed E-state index contributed by atoms with van der Waals surface area (Å²) >= 11 is 18.7. The second kappa shape index (κ2) is 8.12. The SMILES string of the molecule is N#CCCNCCc1[nH]c2ccc(Cl)cc2c1-c1ccc(Cl)cc1Cl. The third-order valence-electron chi connectivity index (χ3n) is 4.00. The van der Waals surface area contributed by atoms with Gasteiger partial charge in [-0.25, -0.2) is 0 Å². The van der Waals surface area contributed by atoms with E-state index in [0.29, 0.717) is 28.0 Å². The van der Waals surface area contributed by atoms with E-state index in [-0.39, 0.29) is 0 Å². The number of hydrogen-bond acceptors (Lipinski definition) is 2. The van der Waals surface area contributed by atoms with Crippen molar-refractivity contribution in [3.05, 3.63) is 57.2 Å². The molecule has 3 aromatic rings.